The van der Waals surface area contributed by atoms with Gasteiger partial charge in [-0.3, -0.25) is 14.5 Å². The third kappa shape index (κ3) is 10.6. The lowest BCUT2D eigenvalue weighted by Gasteiger charge is -2.54. The summed E-state index contributed by atoms with van der Waals surface area (Å²) in [6.45, 7) is 17.3. The Hall–Kier alpha value is -4.20. The Bertz CT molecular complexity index is 1650. The second-order valence-corrected chi connectivity index (χ2v) is 18.0. The Morgan fingerprint density at radius 1 is 0.875 bits per heavy atom. The largest absolute Gasteiger partial charge is 0.445 e. The Labute approximate surface area is 331 Å². The molecule has 13 heteroatoms. The number of rotatable bonds is 10. The molecule has 1 spiro atoms. The molecule has 0 unspecified atom stereocenters. The third-order valence-corrected chi connectivity index (χ3v) is 11.3. The lowest BCUT2D eigenvalue weighted by Crippen LogP contribution is -2.61. The topological polar surface area (TPSA) is 130 Å². The molecule has 4 fully saturated rings. The smallest absolute Gasteiger partial charge is 0.410 e. The van der Waals surface area contributed by atoms with Crippen LogP contribution < -0.4 is 5.32 Å². The van der Waals surface area contributed by atoms with Crippen LogP contribution in [0, 0.1) is 10.8 Å². The molecule has 56 heavy (non-hydrogen) atoms. The van der Waals surface area contributed by atoms with Crippen LogP contribution >= 0.6 is 0 Å². The number of nitrogens with zero attached hydrogens (tertiary/aromatic N) is 4. The zero-order valence-electron chi connectivity index (χ0n) is 34.0. The molecule has 6 rings (SSSR count). The van der Waals surface area contributed by atoms with E-state index in [4.69, 9.17) is 18.9 Å². The lowest BCUT2D eigenvalue weighted by atomic mass is 9.72. The molecule has 0 aliphatic carbocycles. The van der Waals surface area contributed by atoms with Crippen LogP contribution in [-0.2, 0) is 35.1 Å². The quantitative estimate of drug-likeness (QED) is 0.344. The first kappa shape index (κ1) is 41.4. The normalized spacial score (nSPS) is 23.3. The highest BCUT2D eigenvalue weighted by Gasteiger charge is 2.48. The molecule has 0 saturated carbocycles. The summed E-state index contributed by atoms with van der Waals surface area (Å²) in [5, 5.41) is 2.83. The van der Waals surface area contributed by atoms with Gasteiger partial charge in [0.05, 0.1) is 25.9 Å². The van der Waals surface area contributed by atoms with Gasteiger partial charge in [0.1, 0.15) is 30.4 Å². The Balaban J connectivity index is 1.07. The molecule has 1 N–H and O–H groups in total. The highest BCUT2D eigenvalue weighted by molar-refractivity contribution is 5.92. The summed E-state index contributed by atoms with van der Waals surface area (Å²) >= 11 is 0. The molecule has 4 heterocycles. The maximum atomic E-state index is 14.5. The molecule has 13 nitrogen and oxygen atoms in total. The summed E-state index contributed by atoms with van der Waals surface area (Å²) in [5.41, 5.74) is 0.857. The first-order valence-corrected chi connectivity index (χ1v) is 20.1. The van der Waals surface area contributed by atoms with Crippen molar-refractivity contribution in [3.05, 3.63) is 71.8 Å². The van der Waals surface area contributed by atoms with Crippen molar-refractivity contribution in [2.75, 3.05) is 65.6 Å². The van der Waals surface area contributed by atoms with Gasteiger partial charge in [-0.15, -0.1) is 0 Å². The van der Waals surface area contributed by atoms with E-state index in [2.05, 4.69) is 10.2 Å². The molecule has 2 aromatic carbocycles. The molecule has 2 aromatic rings. The number of nitrogens with one attached hydrogen (secondary N) is 1. The summed E-state index contributed by atoms with van der Waals surface area (Å²) in [7, 11) is 0. The highest BCUT2D eigenvalue weighted by Crippen LogP contribution is 2.40. The zero-order chi connectivity index (χ0) is 40.1. The van der Waals surface area contributed by atoms with E-state index in [0.29, 0.717) is 45.8 Å². The van der Waals surface area contributed by atoms with Gasteiger partial charge in [0.15, 0.2) is 0 Å². The van der Waals surface area contributed by atoms with E-state index in [1.54, 1.807) is 9.80 Å². The minimum absolute atomic E-state index is 0.0702. The summed E-state index contributed by atoms with van der Waals surface area (Å²) in [6.07, 6.45) is 0.702. The number of piperidine rings is 1. The fourth-order valence-corrected chi connectivity index (χ4v) is 8.24. The van der Waals surface area contributed by atoms with Crippen LogP contribution in [0.15, 0.2) is 60.7 Å². The van der Waals surface area contributed by atoms with Gasteiger partial charge >= 0.3 is 12.2 Å². The monoisotopic (exact) mass is 775 g/mol. The van der Waals surface area contributed by atoms with Gasteiger partial charge in [-0.25, -0.2) is 9.59 Å². The Morgan fingerprint density at radius 2 is 1.54 bits per heavy atom. The third-order valence-electron chi connectivity index (χ3n) is 11.3. The van der Waals surface area contributed by atoms with Crippen molar-refractivity contribution in [3.8, 4) is 0 Å². The SMILES string of the molecule is CC(C)(C)OC(=O)N1CCC2(CC1)CN(CCO[C@H]1C[C@@H](C(=O)N3CCO[C@H](c4ccccc4)C3)N(C(=O)[C@@H](NC(=O)OCc3ccccc3)C(C)(C)C)C1)C2. The molecule has 0 aromatic heterocycles. The number of benzene rings is 2. The van der Waals surface area contributed by atoms with Crippen molar-refractivity contribution in [1.82, 2.24) is 24.9 Å². The fourth-order valence-electron chi connectivity index (χ4n) is 8.24. The molecule has 306 valence electrons. The Kier molecular flexibility index (Phi) is 13.0. The van der Waals surface area contributed by atoms with Crippen LogP contribution in [0.25, 0.3) is 0 Å². The van der Waals surface area contributed by atoms with Crippen molar-refractivity contribution >= 4 is 24.0 Å². The average molecular weight is 776 g/mol. The van der Waals surface area contributed by atoms with Gasteiger partial charge < -0.3 is 39.0 Å². The number of morpholine rings is 1. The molecular formula is C43H61N5O8. The van der Waals surface area contributed by atoms with Crippen molar-refractivity contribution in [3.63, 3.8) is 0 Å². The summed E-state index contributed by atoms with van der Waals surface area (Å²) < 4.78 is 23.6. The second-order valence-electron chi connectivity index (χ2n) is 18.0. The van der Waals surface area contributed by atoms with Gasteiger partial charge in [0, 0.05) is 52.2 Å². The highest BCUT2D eigenvalue weighted by atomic mass is 16.6. The van der Waals surface area contributed by atoms with E-state index in [9.17, 15) is 19.2 Å². The number of carbonyl (C=O) groups is 4. The number of ether oxygens (including phenoxy) is 4. The fraction of sp³-hybridized carbons (Fsp3) is 0.628. The molecular weight excluding hydrogens is 714 g/mol. The maximum Gasteiger partial charge on any atom is 0.410 e. The molecule has 4 atom stereocenters. The van der Waals surface area contributed by atoms with Crippen LogP contribution in [0.5, 0.6) is 0 Å². The van der Waals surface area contributed by atoms with Gasteiger partial charge in [0.25, 0.3) is 0 Å². The average Bonchev–Trinajstić information content (AvgIpc) is 3.59. The summed E-state index contributed by atoms with van der Waals surface area (Å²) in [5.74, 6) is -0.482. The van der Waals surface area contributed by atoms with E-state index in [1.807, 2.05) is 107 Å². The van der Waals surface area contributed by atoms with Crippen LogP contribution in [0.3, 0.4) is 0 Å². The minimum Gasteiger partial charge on any atom is -0.445 e. The number of amides is 4. The van der Waals surface area contributed by atoms with Gasteiger partial charge in [-0.2, -0.15) is 0 Å². The van der Waals surface area contributed by atoms with E-state index in [1.165, 1.54) is 0 Å². The number of hydrogen-bond acceptors (Lipinski definition) is 9. The van der Waals surface area contributed by atoms with Crippen LogP contribution in [0.1, 0.15) is 78.0 Å². The number of likely N-dealkylation sites (tertiary alicyclic amines) is 3. The van der Waals surface area contributed by atoms with E-state index < -0.39 is 29.2 Å². The molecule has 0 radical (unpaired) electrons. The molecule has 4 aliphatic rings. The van der Waals surface area contributed by atoms with Crippen LogP contribution in [-0.4, -0.2) is 133 Å². The molecule has 0 bridgehead atoms. The lowest BCUT2D eigenvalue weighted by molar-refractivity contribution is -0.150. The van der Waals surface area contributed by atoms with Gasteiger partial charge in [-0.05, 0) is 55.6 Å². The van der Waals surface area contributed by atoms with E-state index >= 15 is 0 Å². The summed E-state index contributed by atoms with van der Waals surface area (Å²) in [4.78, 5) is 62.2. The Morgan fingerprint density at radius 3 is 2.18 bits per heavy atom. The number of alkyl carbamates (subject to hydrolysis) is 1. The van der Waals surface area contributed by atoms with Crippen LogP contribution in [0.4, 0.5) is 9.59 Å². The molecule has 4 amide bonds. The standard InChI is InChI=1S/C43H61N5O8/c1-41(2,3)36(44-39(51)55-28-31-13-9-7-10-14-31)38(50)48-26-33(25-34(48)37(49)47-22-24-54-35(27-47)32-15-11-8-12-16-32)53-23-21-45-29-43(30-45)17-19-46(20-18-43)40(52)56-42(4,5)6/h7-16,33-36H,17-30H2,1-6H3,(H,44,51)/t33-,34-,35-,36+/m0/s1. The van der Waals surface area contributed by atoms with E-state index in [0.717, 1.165) is 43.6 Å². The van der Waals surface area contributed by atoms with E-state index in [-0.39, 0.29) is 48.7 Å². The molecule has 4 saturated heterocycles. The zero-order valence-corrected chi connectivity index (χ0v) is 34.0. The predicted molar refractivity (Wildman–Crippen MR) is 210 cm³/mol. The van der Waals surface area contributed by atoms with Crippen molar-refractivity contribution in [1.29, 1.82) is 0 Å². The first-order valence-electron chi connectivity index (χ1n) is 20.1. The van der Waals surface area contributed by atoms with Crippen LogP contribution in [0.2, 0.25) is 0 Å². The van der Waals surface area contributed by atoms with Crippen molar-refractivity contribution in [2.24, 2.45) is 10.8 Å². The number of carbonyl (C=O) groups excluding carboxylic acids is 4. The predicted octanol–water partition coefficient (Wildman–Crippen LogP) is 5.25. The van der Waals surface area contributed by atoms with Crippen molar-refractivity contribution in [2.45, 2.75) is 97.3 Å². The molecule has 4 aliphatic heterocycles. The van der Waals surface area contributed by atoms with Gasteiger partial charge in [0.2, 0.25) is 11.8 Å². The minimum atomic E-state index is -0.944. The van der Waals surface area contributed by atoms with Gasteiger partial charge in [-0.1, -0.05) is 81.4 Å². The number of hydrogen-bond donors (Lipinski definition) is 1. The summed E-state index contributed by atoms with van der Waals surface area (Å²) in [6, 6.07) is 17.5. The first-order chi connectivity index (χ1) is 26.6. The van der Waals surface area contributed by atoms with Crippen molar-refractivity contribution < 1.29 is 38.1 Å². The maximum absolute atomic E-state index is 14.5. The second kappa shape index (κ2) is 17.5.